The van der Waals surface area contributed by atoms with E-state index in [1.54, 1.807) is 12.1 Å². The largest absolute Gasteiger partial charge is 0.448 e. The second-order valence-electron chi connectivity index (χ2n) is 7.78. The average molecular weight is 420 g/mol. The van der Waals surface area contributed by atoms with E-state index in [2.05, 4.69) is 13.8 Å². The number of carbonyl (C=O) groups is 1. The van der Waals surface area contributed by atoms with Gasteiger partial charge < -0.3 is 14.4 Å². The lowest BCUT2D eigenvalue weighted by Gasteiger charge is -2.39. The second kappa shape index (κ2) is 7.49. The molecule has 1 fully saturated rings. The van der Waals surface area contributed by atoms with E-state index < -0.39 is 5.79 Å². The SMILES string of the molecule is CC(C)[C@H](C(=O)N1CCC2(CC1)Oc1ccccc1O2)c1ccc(Cl)c(Cl)c1. The van der Waals surface area contributed by atoms with E-state index in [9.17, 15) is 4.79 Å². The Morgan fingerprint density at radius 1 is 1.00 bits per heavy atom. The van der Waals surface area contributed by atoms with E-state index in [-0.39, 0.29) is 17.7 Å². The molecule has 0 aromatic heterocycles. The lowest BCUT2D eigenvalue weighted by Crippen LogP contribution is -2.52. The first kappa shape index (κ1) is 19.4. The fourth-order valence-corrected chi connectivity index (χ4v) is 4.33. The van der Waals surface area contributed by atoms with E-state index in [1.165, 1.54) is 0 Å². The topological polar surface area (TPSA) is 38.8 Å². The molecule has 2 aliphatic rings. The monoisotopic (exact) mass is 419 g/mol. The predicted molar refractivity (Wildman–Crippen MR) is 110 cm³/mol. The highest BCUT2D eigenvalue weighted by atomic mass is 35.5. The van der Waals surface area contributed by atoms with Gasteiger partial charge in [-0.15, -0.1) is 0 Å². The Bertz CT molecular complexity index is 864. The minimum atomic E-state index is -0.655. The minimum Gasteiger partial charge on any atom is -0.448 e. The van der Waals surface area contributed by atoms with Crippen molar-refractivity contribution in [3.63, 3.8) is 0 Å². The molecule has 1 saturated heterocycles. The molecule has 0 saturated carbocycles. The van der Waals surface area contributed by atoms with Gasteiger partial charge in [0.1, 0.15) is 0 Å². The number of amides is 1. The molecule has 2 aromatic carbocycles. The molecule has 0 unspecified atom stereocenters. The van der Waals surface area contributed by atoms with Crippen LogP contribution in [0.5, 0.6) is 11.5 Å². The van der Waals surface area contributed by atoms with Crippen molar-refractivity contribution >= 4 is 29.1 Å². The summed E-state index contributed by atoms with van der Waals surface area (Å²) in [5.74, 6) is 0.891. The summed E-state index contributed by atoms with van der Waals surface area (Å²) in [6, 6.07) is 13.2. The van der Waals surface area contributed by atoms with Crippen LogP contribution in [0.1, 0.15) is 38.2 Å². The van der Waals surface area contributed by atoms with Crippen molar-refractivity contribution in [3.05, 3.63) is 58.1 Å². The molecule has 2 aliphatic heterocycles. The van der Waals surface area contributed by atoms with E-state index >= 15 is 0 Å². The second-order valence-corrected chi connectivity index (χ2v) is 8.60. The molecular weight excluding hydrogens is 397 g/mol. The maximum atomic E-state index is 13.3. The third kappa shape index (κ3) is 3.56. The summed E-state index contributed by atoms with van der Waals surface area (Å²) in [5, 5.41) is 0.969. The van der Waals surface area contributed by atoms with E-state index in [1.807, 2.05) is 35.2 Å². The van der Waals surface area contributed by atoms with Crippen molar-refractivity contribution < 1.29 is 14.3 Å². The Kier molecular flexibility index (Phi) is 5.19. The zero-order chi connectivity index (χ0) is 19.9. The van der Waals surface area contributed by atoms with Gasteiger partial charge in [0.25, 0.3) is 5.79 Å². The molecule has 0 N–H and O–H groups in total. The summed E-state index contributed by atoms with van der Waals surface area (Å²) >= 11 is 12.2. The maximum absolute atomic E-state index is 13.3. The summed E-state index contributed by atoms with van der Waals surface area (Å²) in [4.78, 5) is 15.2. The van der Waals surface area contributed by atoms with Crippen LogP contribution in [-0.4, -0.2) is 29.7 Å². The van der Waals surface area contributed by atoms with Crippen LogP contribution in [0.2, 0.25) is 10.0 Å². The molecule has 1 atom stereocenters. The zero-order valence-corrected chi connectivity index (χ0v) is 17.5. The summed E-state index contributed by atoms with van der Waals surface area (Å²) < 4.78 is 12.2. The highest BCUT2D eigenvalue weighted by Gasteiger charge is 2.45. The Labute approximate surface area is 175 Å². The quantitative estimate of drug-likeness (QED) is 0.656. The Balaban J connectivity index is 1.47. The van der Waals surface area contributed by atoms with Crippen LogP contribution in [0, 0.1) is 5.92 Å². The molecular formula is C22H23Cl2NO3. The summed E-state index contributed by atoms with van der Waals surface area (Å²) in [7, 11) is 0. The number of piperidine rings is 1. The molecule has 4 nitrogen and oxygen atoms in total. The van der Waals surface area contributed by atoms with Gasteiger partial charge >= 0.3 is 0 Å². The minimum absolute atomic E-state index is 0.110. The van der Waals surface area contributed by atoms with Gasteiger partial charge in [-0.2, -0.15) is 0 Å². The molecule has 0 aliphatic carbocycles. The van der Waals surface area contributed by atoms with Crippen molar-refractivity contribution in [2.45, 2.75) is 38.4 Å². The Hall–Kier alpha value is -1.91. The Morgan fingerprint density at radius 3 is 2.14 bits per heavy atom. The number of hydrogen-bond donors (Lipinski definition) is 0. The predicted octanol–water partition coefficient (Wildman–Crippen LogP) is 5.52. The maximum Gasteiger partial charge on any atom is 0.255 e. The first-order chi connectivity index (χ1) is 13.4. The van der Waals surface area contributed by atoms with Crippen LogP contribution < -0.4 is 9.47 Å². The fourth-order valence-electron chi connectivity index (χ4n) is 4.03. The summed E-state index contributed by atoms with van der Waals surface area (Å²) in [6.45, 7) is 5.29. The molecule has 1 spiro atoms. The molecule has 148 valence electrons. The van der Waals surface area contributed by atoms with Gasteiger partial charge in [0.15, 0.2) is 11.5 Å². The molecule has 2 heterocycles. The molecule has 28 heavy (non-hydrogen) atoms. The lowest BCUT2D eigenvalue weighted by atomic mass is 9.86. The van der Waals surface area contributed by atoms with Crippen molar-refractivity contribution in [2.24, 2.45) is 5.92 Å². The number of rotatable bonds is 3. The standard InChI is InChI=1S/C22H23Cl2NO3/c1-14(2)20(15-7-8-16(23)17(24)13-15)21(26)25-11-9-22(10-12-25)27-18-5-3-4-6-19(18)28-22/h3-8,13-14,20H,9-12H2,1-2H3/t20-/m0/s1. The third-order valence-corrected chi connectivity index (χ3v) is 6.25. The van der Waals surface area contributed by atoms with E-state index in [0.29, 0.717) is 36.0 Å². The molecule has 1 amide bonds. The van der Waals surface area contributed by atoms with Gasteiger partial charge in [-0.1, -0.05) is 55.2 Å². The number of carbonyl (C=O) groups excluding carboxylic acids is 1. The molecule has 2 aromatic rings. The number of ether oxygens (including phenoxy) is 2. The van der Waals surface area contributed by atoms with Crippen LogP contribution in [-0.2, 0) is 4.79 Å². The first-order valence-electron chi connectivity index (χ1n) is 9.59. The van der Waals surface area contributed by atoms with Crippen molar-refractivity contribution in [1.29, 1.82) is 0 Å². The Morgan fingerprint density at radius 2 is 1.61 bits per heavy atom. The molecule has 0 radical (unpaired) electrons. The molecule has 4 rings (SSSR count). The van der Waals surface area contributed by atoms with Crippen molar-refractivity contribution in [2.75, 3.05) is 13.1 Å². The number of nitrogens with zero attached hydrogens (tertiary/aromatic N) is 1. The van der Waals surface area contributed by atoms with Gasteiger partial charge in [-0.05, 0) is 35.7 Å². The number of para-hydroxylation sites is 2. The fraction of sp³-hybridized carbons (Fsp3) is 0.409. The van der Waals surface area contributed by atoms with Crippen LogP contribution in [0.3, 0.4) is 0 Å². The number of hydrogen-bond acceptors (Lipinski definition) is 3. The lowest BCUT2D eigenvalue weighted by molar-refractivity contribution is -0.148. The van der Waals surface area contributed by atoms with Gasteiger partial charge in [-0.3, -0.25) is 4.79 Å². The normalized spacial score (nSPS) is 18.5. The molecule has 6 heteroatoms. The highest BCUT2D eigenvalue weighted by Crippen LogP contribution is 2.44. The summed E-state index contributed by atoms with van der Waals surface area (Å²) in [5.41, 5.74) is 0.899. The van der Waals surface area contributed by atoms with Crippen molar-refractivity contribution in [1.82, 2.24) is 4.90 Å². The number of likely N-dealkylation sites (tertiary alicyclic amines) is 1. The summed E-state index contributed by atoms with van der Waals surface area (Å²) in [6.07, 6.45) is 1.28. The van der Waals surface area contributed by atoms with Crippen LogP contribution in [0.15, 0.2) is 42.5 Å². The van der Waals surface area contributed by atoms with Crippen LogP contribution in [0.25, 0.3) is 0 Å². The number of halogens is 2. The molecule has 0 bridgehead atoms. The van der Waals surface area contributed by atoms with Crippen molar-refractivity contribution in [3.8, 4) is 11.5 Å². The van der Waals surface area contributed by atoms with Gasteiger partial charge in [0.2, 0.25) is 5.91 Å². The van der Waals surface area contributed by atoms with Gasteiger partial charge in [-0.25, -0.2) is 0 Å². The average Bonchev–Trinajstić information content (AvgIpc) is 3.02. The van der Waals surface area contributed by atoms with Crippen LogP contribution in [0.4, 0.5) is 0 Å². The highest BCUT2D eigenvalue weighted by molar-refractivity contribution is 6.42. The van der Waals surface area contributed by atoms with E-state index in [0.717, 1.165) is 17.1 Å². The number of fused-ring (bicyclic) bond motifs is 1. The van der Waals surface area contributed by atoms with Gasteiger partial charge in [0, 0.05) is 25.9 Å². The van der Waals surface area contributed by atoms with Gasteiger partial charge in [0.05, 0.1) is 16.0 Å². The first-order valence-corrected chi connectivity index (χ1v) is 10.3. The zero-order valence-electron chi connectivity index (χ0n) is 16.0. The third-order valence-electron chi connectivity index (χ3n) is 5.51. The van der Waals surface area contributed by atoms with Crippen LogP contribution >= 0.6 is 23.2 Å². The number of benzene rings is 2. The van der Waals surface area contributed by atoms with E-state index in [4.69, 9.17) is 32.7 Å². The smallest absolute Gasteiger partial charge is 0.255 e.